The normalized spacial score (nSPS) is 15.0. The van der Waals surface area contributed by atoms with E-state index in [1.54, 1.807) is 0 Å². The first kappa shape index (κ1) is 28.5. The van der Waals surface area contributed by atoms with Crippen LogP contribution in [0.25, 0.3) is 21.9 Å². The van der Waals surface area contributed by atoms with Crippen LogP contribution in [0.4, 0.5) is 17.1 Å². The molecule has 1 aliphatic carbocycles. The van der Waals surface area contributed by atoms with Gasteiger partial charge in [-0.2, -0.15) is 0 Å². The van der Waals surface area contributed by atoms with Crippen molar-refractivity contribution in [1.82, 2.24) is 0 Å². The highest BCUT2D eigenvalue weighted by Crippen LogP contribution is 2.62. The molecule has 0 fully saturated rings. The van der Waals surface area contributed by atoms with Crippen LogP contribution in [0.15, 0.2) is 178 Å². The Morgan fingerprint density at radius 3 is 1.82 bits per heavy atom. The van der Waals surface area contributed by atoms with Crippen molar-refractivity contribution in [2.75, 3.05) is 4.90 Å². The van der Waals surface area contributed by atoms with Crippen molar-refractivity contribution in [2.24, 2.45) is 0 Å². The zero-order valence-corrected chi connectivity index (χ0v) is 28.2. The summed E-state index contributed by atoms with van der Waals surface area (Å²) in [7, 11) is 0. The van der Waals surface area contributed by atoms with Crippen molar-refractivity contribution in [3.05, 3.63) is 197 Å². The van der Waals surface area contributed by atoms with E-state index < -0.39 is 5.41 Å². The maximum Gasteiger partial charge on any atom is 0.137 e. The van der Waals surface area contributed by atoms with Gasteiger partial charge in [-0.1, -0.05) is 135 Å². The third-order valence-corrected chi connectivity index (χ3v) is 11.9. The maximum atomic E-state index is 6.40. The number of rotatable bonds is 3. The van der Waals surface area contributed by atoms with Crippen LogP contribution in [0.5, 0.6) is 0 Å². The monoisotopic (exact) mass is 647 g/mol. The van der Waals surface area contributed by atoms with Gasteiger partial charge in [0.05, 0.1) is 16.5 Å². The van der Waals surface area contributed by atoms with Gasteiger partial charge >= 0.3 is 0 Å². The van der Waals surface area contributed by atoms with Gasteiger partial charge in [-0.15, -0.1) is 0 Å². The van der Waals surface area contributed by atoms with E-state index in [9.17, 15) is 0 Å². The molecule has 49 heavy (non-hydrogen) atoms. The predicted molar refractivity (Wildman–Crippen MR) is 203 cm³/mol. The Balaban J connectivity index is 1.31. The Morgan fingerprint density at radius 2 is 1.06 bits per heavy atom. The van der Waals surface area contributed by atoms with Crippen LogP contribution in [-0.2, 0) is 10.8 Å². The summed E-state index contributed by atoms with van der Waals surface area (Å²) in [6.45, 7) is 4.76. The van der Waals surface area contributed by atoms with Crippen LogP contribution in [0, 0.1) is 0 Å². The Kier molecular flexibility index (Phi) is 6.10. The Labute approximate surface area is 290 Å². The molecule has 7 aromatic carbocycles. The molecular weight excluding hydrogens is 615 g/mol. The number of fused-ring (bicyclic) bond motifs is 11. The molecule has 0 atom stereocenters. The first-order chi connectivity index (χ1) is 24.1. The number of furan rings is 1. The highest BCUT2D eigenvalue weighted by molar-refractivity contribution is 7.99. The quantitative estimate of drug-likeness (QED) is 0.190. The molecule has 0 amide bonds. The molecule has 10 rings (SSSR count). The third-order valence-electron chi connectivity index (χ3n) is 10.8. The number of para-hydroxylation sites is 2. The summed E-state index contributed by atoms with van der Waals surface area (Å²) < 4.78 is 6.40. The zero-order chi connectivity index (χ0) is 32.7. The minimum atomic E-state index is -0.493. The predicted octanol–water partition coefficient (Wildman–Crippen LogP) is 12.5. The number of anilines is 3. The van der Waals surface area contributed by atoms with Gasteiger partial charge in [0.25, 0.3) is 0 Å². The van der Waals surface area contributed by atoms with Crippen LogP contribution in [0.1, 0.15) is 47.2 Å². The first-order valence-electron chi connectivity index (χ1n) is 16.9. The second kappa shape index (κ2) is 10.5. The molecule has 8 aromatic rings. The van der Waals surface area contributed by atoms with E-state index in [0.717, 1.165) is 39.0 Å². The Hall–Kier alpha value is -5.51. The summed E-state index contributed by atoms with van der Waals surface area (Å²) in [6.07, 6.45) is 0. The van der Waals surface area contributed by atoms with E-state index in [-0.39, 0.29) is 5.41 Å². The second-order valence-electron chi connectivity index (χ2n) is 13.7. The average molecular weight is 648 g/mol. The van der Waals surface area contributed by atoms with Crippen LogP contribution in [0.3, 0.4) is 0 Å². The number of hydrogen-bond donors (Lipinski definition) is 0. The molecule has 0 saturated carbocycles. The molecule has 0 saturated heterocycles. The van der Waals surface area contributed by atoms with Gasteiger partial charge in [0.1, 0.15) is 11.2 Å². The van der Waals surface area contributed by atoms with Crippen LogP contribution >= 0.6 is 11.8 Å². The van der Waals surface area contributed by atoms with Gasteiger partial charge in [-0.25, -0.2) is 0 Å². The lowest BCUT2D eigenvalue weighted by atomic mass is 9.54. The molecule has 1 spiro atoms. The maximum absolute atomic E-state index is 6.40. The highest BCUT2D eigenvalue weighted by Gasteiger charge is 2.52. The van der Waals surface area contributed by atoms with Gasteiger partial charge in [0.2, 0.25) is 0 Å². The number of nitrogens with zero attached hydrogens (tertiary/aromatic N) is 1. The van der Waals surface area contributed by atoms with E-state index in [1.165, 1.54) is 43.2 Å². The Bertz CT molecular complexity index is 2530. The molecule has 3 heteroatoms. The Morgan fingerprint density at radius 1 is 0.469 bits per heavy atom. The fraction of sp³-hybridized carbons (Fsp3) is 0.0870. The molecule has 0 radical (unpaired) electrons. The molecular formula is C46H33NOS. The second-order valence-corrected chi connectivity index (χ2v) is 14.7. The zero-order valence-electron chi connectivity index (χ0n) is 27.4. The van der Waals surface area contributed by atoms with Gasteiger partial charge < -0.3 is 9.32 Å². The number of hydrogen-bond acceptors (Lipinski definition) is 3. The van der Waals surface area contributed by atoms with E-state index in [1.807, 2.05) is 17.8 Å². The topological polar surface area (TPSA) is 16.4 Å². The molecule has 1 aliphatic heterocycles. The lowest BCUT2D eigenvalue weighted by Crippen LogP contribution is -2.43. The molecule has 1 aromatic heterocycles. The third kappa shape index (κ3) is 3.91. The van der Waals surface area contributed by atoms with Crippen LogP contribution in [0.2, 0.25) is 0 Å². The largest absolute Gasteiger partial charge is 0.456 e. The van der Waals surface area contributed by atoms with Crippen molar-refractivity contribution in [1.29, 1.82) is 0 Å². The van der Waals surface area contributed by atoms with Crippen molar-refractivity contribution in [2.45, 2.75) is 34.5 Å². The standard InChI is InChI=1S/C46H33NOS/c1-45(2)33-18-7-9-20-35(33)46(36-21-10-8-19-34(36)45)37-22-11-13-26-42(37)49-43-28-27-31(29-38(43)46)47(30-15-4-3-5-16-30)39-23-14-25-41-44(39)32-17-6-12-24-40(32)48-41/h3-29H,1-2H3. The average Bonchev–Trinajstić information content (AvgIpc) is 3.54. The summed E-state index contributed by atoms with van der Waals surface area (Å²) in [5, 5.41) is 2.23. The smallest absolute Gasteiger partial charge is 0.137 e. The van der Waals surface area contributed by atoms with Crippen molar-refractivity contribution < 1.29 is 4.42 Å². The summed E-state index contributed by atoms with van der Waals surface area (Å²) >= 11 is 1.88. The SMILES string of the molecule is CC1(C)c2ccccc2C2(c3ccccc3Sc3ccc(N(c4ccccc4)c4cccc5oc6ccccc6c45)cc32)c2ccccc21. The van der Waals surface area contributed by atoms with Gasteiger partial charge in [0.15, 0.2) is 0 Å². The molecule has 2 aliphatic rings. The minimum Gasteiger partial charge on any atom is -0.456 e. The van der Waals surface area contributed by atoms with Crippen LogP contribution < -0.4 is 4.90 Å². The molecule has 0 N–H and O–H groups in total. The molecule has 0 unspecified atom stereocenters. The summed E-state index contributed by atoms with van der Waals surface area (Å²) in [5.74, 6) is 0. The van der Waals surface area contributed by atoms with Crippen LogP contribution in [-0.4, -0.2) is 0 Å². The molecule has 2 heterocycles. The highest BCUT2D eigenvalue weighted by atomic mass is 32.2. The van der Waals surface area contributed by atoms with Gasteiger partial charge in [-0.3, -0.25) is 0 Å². The number of benzene rings is 7. The summed E-state index contributed by atoms with van der Waals surface area (Å²) in [6, 6.07) is 60.0. The van der Waals surface area contributed by atoms with E-state index in [2.05, 4.69) is 176 Å². The first-order valence-corrected chi connectivity index (χ1v) is 17.8. The van der Waals surface area contributed by atoms with E-state index in [4.69, 9.17) is 4.42 Å². The fourth-order valence-corrected chi connectivity index (χ4v) is 9.87. The van der Waals surface area contributed by atoms with E-state index >= 15 is 0 Å². The van der Waals surface area contributed by atoms with Crippen molar-refractivity contribution in [3.63, 3.8) is 0 Å². The molecule has 234 valence electrons. The van der Waals surface area contributed by atoms with E-state index in [0.29, 0.717) is 0 Å². The fourth-order valence-electron chi connectivity index (χ4n) is 8.70. The summed E-state index contributed by atoms with van der Waals surface area (Å²) in [4.78, 5) is 5.00. The minimum absolute atomic E-state index is 0.149. The van der Waals surface area contributed by atoms with Gasteiger partial charge in [-0.05, 0) is 88.0 Å². The lowest BCUT2D eigenvalue weighted by Gasteiger charge is -2.50. The van der Waals surface area contributed by atoms with Gasteiger partial charge in [0, 0.05) is 32.0 Å². The molecule has 2 nitrogen and oxygen atoms in total. The molecule has 0 bridgehead atoms. The lowest BCUT2D eigenvalue weighted by molar-refractivity contribution is 0.549. The van der Waals surface area contributed by atoms with Crippen molar-refractivity contribution in [3.8, 4) is 0 Å². The van der Waals surface area contributed by atoms with Crippen molar-refractivity contribution >= 4 is 50.8 Å². The summed E-state index contributed by atoms with van der Waals surface area (Å²) in [5.41, 5.74) is 12.6.